The first-order chi connectivity index (χ1) is 9.47. The number of aromatic nitrogens is 1. The molecule has 3 rings (SSSR count). The molecule has 1 saturated carbocycles. The Morgan fingerprint density at radius 2 is 2.20 bits per heavy atom. The second kappa shape index (κ2) is 4.63. The highest BCUT2D eigenvalue weighted by molar-refractivity contribution is 5.86. The Balaban J connectivity index is 1.66. The monoisotopic (exact) mass is 271 g/mol. The van der Waals surface area contributed by atoms with Crippen LogP contribution < -0.4 is 11.1 Å². The van der Waals surface area contributed by atoms with Crippen molar-refractivity contribution in [2.24, 2.45) is 11.1 Å². The number of amides is 1. The first kappa shape index (κ1) is 13.2. The van der Waals surface area contributed by atoms with E-state index in [1.54, 1.807) is 0 Å². The van der Waals surface area contributed by atoms with Crippen LogP contribution in [0.4, 0.5) is 0 Å². The highest BCUT2D eigenvalue weighted by atomic mass is 16.2. The molecule has 0 saturated heterocycles. The summed E-state index contributed by atoms with van der Waals surface area (Å²) in [4.78, 5) is 15.3. The predicted octanol–water partition coefficient (Wildman–Crippen LogP) is 1.95. The van der Waals surface area contributed by atoms with Crippen molar-refractivity contribution in [2.45, 2.75) is 38.8 Å². The molecule has 1 aromatic heterocycles. The summed E-state index contributed by atoms with van der Waals surface area (Å²) in [6, 6.07) is 7.85. The van der Waals surface area contributed by atoms with Gasteiger partial charge in [0.25, 0.3) is 0 Å². The minimum absolute atomic E-state index is 0.0501. The van der Waals surface area contributed by atoms with Crippen LogP contribution in [0, 0.1) is 5.41 Å². The van der Waals surface area contributed by atoms with Crippen molar-refractivity contribution in [3.05, 3.63) is 36.0 Å². The van der Waals surface area contributed by atoms with E-state index in [0.717, 1.165) is 22.9 Å². The molecule has 2 atom stereocenters. The van der Waals surface area contributed by atoms with Gasteiger partial charge in [-0.15, -0.1) is 0 Å². The van der Waals surface area contributed by atoms with E-state index < -0.39 is 6.04 Å². The van der Waals surface area contributed by atoms with Crippen LogP contribution in [-0.4, -0.2) is 23.0 Å². The molecular weight excluding hydrogens is 250 g/mol. The van der Waals surface area contributed by atoms with Crippen LogP contribution in [0.15, 0.2) is 30.5 Å². The summed E-state index contributed by atoms with van der Waals surface area (Å²) in [5, 5.41) is 4.17. The number of H-pyrrole nitrogens is 1. The fraction of sp³-hybridized carbons (Fsp3) is 0.438. The highest BCUT2D eigenvalue weighted by Crippen LogP contribution is 2.44. The van der Waals surface area contributed by atoms with E-state index in [1.807, 2.05) is 24.4 Å². The number of carbonyl (C=O) groups excluding carboxylic acids is 1. The molecule has 1 aromatic carbocycles. The van der Waals surface area contributed by atoms with E-state index in [0.29, 0.717) is 6.42 Å². The van der Waals surface area contributed by atoms with Crippen LogP contribution in [0.3, 0.4) is 0 Å². The lowest BCUT2D eigenvalue weighted by Crippen LogP contribution is -2.43. The van der Waals surface area contributed by atoms with E-state index in [9.17, 15) is 4.79 Å². The first-order valence-electron chi connectivity index (χ1n) is 7.08. The van der Waals surface area contributed by atoms with E-state index in [2.05, 4.69) is 30.2 Å². The minimum Gasteiger partial charge on any atom is -0.361 e. The van der Waals surface area contributed by atoms with Crippen LogP contribution in [0.25, 0.3) is 10.9 Å². The summed E-state index contributed by atoms with van der Waals surface area (Å²) in [6.07, 6.45) is 3.54. The average Bonchev–Trinajstić information content (AvgIpc) is 2.84. The number of hydrogen-bond acceptors (Lipinski definition) is 2. The number of rotatable bonds is 4. The Bertz CT molecular complexity index is 644. The minimum atomic E-state index is -0.495. The van der Waals surface area contributed by atoms with Crippen molar-refractivity contribution < 1.29 is 4.79 Å². The molecule has 4 N–H and O–H groups in total. The number of nitrogens with two attached hydrogens (primary N) is 1. The Hall–Kier alpha value is -1.81. The zero-order valence-electron chi connectivity index (χ0n) is 11.9. The summed E-state index contributed by atoms with van der Waals surface area (Å²) in [5.41, 5.74) is 8.45. The van der Waals surface area contributed by atoms with Gasteiger partial charge in [-0.1, -0.05) is 32.0 Å². The van der Waals surface area contributed by atoms with Crippen molar-refractivity contribution in [3.63, 3.8) is 0 Å². The van der Waals surface area contributed by atoms with Crippen LogP contribution >= 0.6 is 0 Å². The van der Waals surface area contributed by atoms with E-state index in [1.165, 1.54) is 0 Å². The van der Waals surface area contributed by atoms with Gasteiger partial charge in [0, 0.05) is 23.1 Å². The van der Waals surface area contributed by atoms with Crippen LogP contribution in [-0.2, 0) is 11.2 Å². The van der Waals surface area contributed by atoms with Crippen molar-refractivity contribution in [1.29, 1.82) is 0 Å². The Kier molecular flexibility index (Phi) is 3.05. The molecular formula is C16H21N3O. The molecule has 1 unspecified atom stereocenters. The van der Waals surface area contributed by atoms with Crippen LogP contribution in [0.1, 0.15) is 25.8 Å². The van der Waals surface area contributed by atoms with Crippen molar-refractivity contribution in [3.8, 4) is 0 Å². The highest BCUT2D eigenvalue weighted by Gasteiger charge is 2.46. The molecule has 106 valence electrons. The number of hydrogen-bond donors (Lipinski definition) is 3. The quantitative estimate of drug-likeness (QED) is 0.795. The molecule has 1 aliphatic rings. The number of nitrogens with one attached hydrogen (secondary N) is 2. The normalized spacial score (nSPS) is 21.6. The predicted molar refractivity (Wildman–Crippen MR) is 80.3 cm³/mol. The van der Waals surface area contributed by atoms with E-state index >= 15 is 0 Å². The lowest BCUT2D eigenvalue weighted by molar-refractivity contribution is -0.122. The largest absolute Gasteiger partial charge is 0.361 e. The van der Waals surface area contributed by atoms with Gasteiger partial charge in [-0.3, -0.25) is 4.79 Å². The summed E-state index contributed by atoms with van der Waals surface area (Å²) in [5.74, 6) is -0.0501. The third kappa shape index (κ3) is 2.43. The van der Waals surface area contributed by atoms with Gasteiger partial charge in [-0.2, -0.15) is 0 Å². The zero-order chi connectivity index (χ0) is 14.3. The average molecular weight is 271 g/mol. The molecule has 2 aromatic rings. The maximum absolute atomic E-state index is 12.1. The Morgan fingerprint density at radius 1 is 1.50 bits per heavy atom. The van der Waals surface area contributed by atoms with Crippen molar-refractivity contribution in [2.75, 3.05) is 0 Å². The van der Waals surface area contributed by atoms with Gasteiger partial charge in [-0.05, 0) is 29.9 Å². The zero-order valence-corrected chi connectivity index (χ0v) is 11.9. The molecule has 0 bridgehead atoms. The van der Waals surface area contributed by atoms with Crippen LogP contribution in [0.5, 0.6) is 0 Å². The second-order valence-electron chi connectivity index (χ2n) is 6.42. The third-order valence-corrected chi connectivity index (χ3v) is 4.28. The molecule has 20 heavy (non-hydrogen) atoms. The summed E-state index contributed by atoms with van der Waals surface area (Å²) < 4.78 is 0. The first-order valence-corrected chi connectivity index (χ1v) is 7.08. The fourth-order valence-electron chi connectivity index (χ4n) is 2.62. The van der Waals surface area contributed by atoms with Gasteiger partial charge >= 0.3 is 0 Å². The lowest BCUT2D eigenvalue weighted by Gasteiger charge is -2.13. The smallest absolute Gasteiger partial charge is 0.237 e. The van der Waals surface area contributed by atoms with Gasteiger partial charge in [0.2, 0.25) is 5.91 Å². The molecule has 1 fully saturated rings. The SMILES string of the molecule is CC1(C)CC1NC(=O)[C@@H](N)Cc1c[nH]c2ccccc12. The molecule has 1 amide bonds. The van der Waals surface area contributed by atoms with E-state index in [-0.39, 0.29) is 17.4 Å². The van der Waals surface area contributed by atoms with Gasteiger partial charge in [0.05, 0.1) is 6.04 Å². The summed E-state index contributed by atoms with van der Waals surface area (Å²) >= 11 is 0. The molecule has 4 nitrogen and oxygen atoms in total. The molecule has 0 aliphatic heterocycles. The molecule has 1 heterocycles. The number of fused-ring (bicyclic) bond motifs is 1. The number of carbonyl (C=O) groups is 1. The van der Waals surface area contributed by atoms with Crippen molar-refractivity contribution >= 4 is 16.8 Å². The molecule has 4 heteroatoms. The number of benzene rings is 1. The van der Waals surface area contributed by atoms with Gasteiger partial charge in [-0.25, -0.2) is 0 Å². The Morgan fingerprint density at radius 3 is 2.90 bits per heavy atom. The summed E-state index contributed by atoms with van der Waals surface area (Å²) in [7, 11) is 0. The maximum atomic E-state index is 12.1. The maximum Gasteiger partial charge on any atom is 0.237 e. The lowest BCUT2D eigenvalue weighted by atomic mass is 10.0. The fourth-order valence-corrected chi connectivity index (χ4v) is 2.62. The molecule has 1 aliphatic carbocycles. The van der Waals surface area contributed by atoms with Gasteiger partial charge in [0.15, 0.2) is 0 Å². The summed E-state index contributed by atoms with van der Waals surface area (Å²) in [6.45, 7) is 4.31. The van der Waals surface area contributed by atoms with E-state index in [4.69, 9.17) is 5.73 Å². The third-order valence-electron chi connectivity index (χ3n) is 4.28. The van der Waals surface area contributed by atoms with Crippen LogP contribution in [0.2, 0.25) is 0 Å². The second-order valence-corrected chi connectivity index (χ2v) is 6.42. The van der Waals surface area contributed by atoms with Crippen molar-refractivity contribution in [1.82, 2.24) is 10.3 Å². The number of aromatic amines is 1. The van der Waals surface area contributed by atoms with Gasteiger partial charge < -0.3 is 16.0 Å². The topological polar surface area (TPSA) is 70.9 Å². The molecule has 0 spiro atoms. The van der Waals surface area contributed by atoms with Gasteiger partial charge in [0.1, 0.15) is 0 Å². The standard InChI is InChI=1S/C16H21N3O/c1-16(2)8-14(16)19-15(20)12(17)7-10-9-18-13-6-4-3-5-11(10)13/h3-6,9,12,14,18H,7-8,17H2,1-2H3,(H,19,20)/t12-,14?/m0/s1. The Labute approximate surface area is 118 Å². The molecule has 0 radical (unpaired) electrons. The number of para-hydroxylation sites is 1.